The summed E-state index contributed by atoms with van der Waals surface area (Å²) in [6.07, 6.45) is 14.0. The summed E-state index contributed by atoms with van der Waals surface area (Å²) in [4.78, 5) is 4.41. The van der Waals surface area contributed by atoms with Gasteiger partial charge in [-0.2, -0.15) is 0 Å². The number of guanidine groups is 1. The summed E-state index contributed by atoms with van der Waals surface area (Å²) >= 11 is 0. The minimum Gasteiger partial charge on any atom is -0.370 e. The second-order valence-electron chi connectivity index (χ2n) is 5.25. The van der Waals surface area contributed by atoms with Gasteiger partial charge in [-0.25, -0.2) is 0 Å². The lowest BCUT2D eigenvalue weighted by molar-refractivity contribution is 0.382. The van der Waals surface area contributed by atoms with Crippen LogP contribution in [0.25, 0.3) is 0 Å². The SMILES string of the molecule is NC(=NCCC1=CCCCCC1)NC1CCC1. The Kier molecular flexibility index (Phi) is 4.89. The van der Waals surface area contributed by atoms with E-state index in [0.29, 0.717) is 12.0 Å². The minimum absolute atomic E-state index is 0.593. The van der Waals surface area contributed by atoms with Crippen LogP contribution in [0.1, 0.15) is 57.8 Å². The Morgan fingerprint density at radius 1 is 1.29 bits per heavy atom. The molecule has 0 amide bonds. The van der Waals surface area contributed by atoms with E-state index in [4.69, 9.17) is 5.73 Å². The van der Waals surface area contributed by atoms with Gasteiger partial charge in [0, 0.05) is 12.6 Å². The first-order valence-corrected chi connectivity index (χ1v) is 7.09. The van der Waals surface area contributed by atoms with Crippen LogP contribution in [0, 0.1) is 0 Å². The van der Waals surface area contributed by atoms with Crippen molar-refractivity contribution in [1.82, 2.24) is 5.32 Å². The van der Waals surface area contributed by atoms with Crippen LogP contribution in [-0.2, 0) is 0 Å². The molecule has 2 rings (SSSR count). The summed E-state index contributed by atoms with van der Waals surface area (Å²) in [5.74, 6) is 0.643. The van der Waals surface area contributed by atoms with E-state index in [1.54, 1.807) is 5.57 Å². The quantitative estimate of drug-likeness (QED) is 0.447. The fourth-order valence-corrected chi connectivity index (χ4v) is 2.44. The number of aliphatic imine (C=N–C) groups is 1. The summed E-state index contributed by atoms with van der Waals surface area (Å²) < 4.78 is 0. The molecule has 0 atom stereocenters. The highest BCUT2D eigenvalue weighted by atomic mass is 15.1. The Morgan fingerprint density at radius 2 is 2.18 bits per heavy atom. The van der Waals surface area contributed by atoms with Crippen molar-refractivity contribution in [3.05, 3.63) is 11.6 Å². The molecule has 0 spiro atoms. The first-order chi connectivity index (χ1) is 8.34. The molecule has 0 aromatic carbocycles. The molecule has 3 nitrogen and oxygen atoms in total. The fraction of sp³-hybridized carbons (Fsp3) is 0.786. The van der Waals surface area contributed by atoms with Gasteiger partial charge in [0.15, 0.2) is 5.96 Å². The topological polar surface area (TPSA) is 50.4 Å². The highest BCUT2D eigenvalue weighted by Gasteiger charge is 2.17. The molecule has 17 heavy (non-hydrogen) atoms. The van der Waals surface area contributed by atoms with Gasteiger partial charge >= 0.3 is 0 Å². The summed E-state index contributed by atoms with van der Waals surface area (Å²) in [6.45, 7) is 0.845. The van der Waals surface area contributed by atoms with Gasteiger partial charge in [0.05, 0.1) is 0 Å². The Bertz CT molecular complexity index is 290. The van der Waals surface area contributed by atoms with Crippen LogP contribution in [0.3, 0.4) is 0 Å². The average molecular weight is 235 g/mol. The standard InChI is InChI=1S/C14H25N3/c15-14(17-13-8-5-9-13)16-11-10-12-6-3-1-2-4-7-12/h6,13H,1-5,7-11H2,(H3,15,16,17). The van der Waals surface area contributed by atoms with Gasteiger partial charge in [-0.1, -0.05) is 18.1 Å². The molecule has 0 unspecified atom stereocenters. The lowest BCUT2D eigenvalue weighted by atomic mass is 9.93. The molecule has 2 aliphatic rings. The van der Waals surface area contributed by atoms with Crippen molar-refractivity contribution in [3.8, 4) is 0 Å². The van der Waals surface area contributed by atoms with Gasteiger partial charge in [0.1, 0.15) is 0 Å². The maximum absolute atomic E-state index is 5.85. The average Bonchev–Trinajstić information content (AvgIpc) is 2.52. The van der Waals surface area contributed by atoms with E-state index in [9.17, 15) is 0 Å². The van der Waals surface area contributed by atoms with Crippen molar-refractivity contribution in [2.24, 2.45) is 10.7 Å². The Labute approximate surface area is 105 Å². The van der Waals surface area contributed by atoms with Gasteiger partial charge in [-0.05, 0) is 51.4 Å². The summed E-state index contributed by atoms with van der Waals surface area (Å²) in [5.41, 5.74) is 7.44. The highest BCUT2D eigenvalue weighted by molar-refractivity contribution is 5.78. The lowest BCUT2D eigenvalue weighted by Crippen LogP contribution is -2.43. The summed E-state index contributed by atoms with van der Waals surface area (Å²) in [6, 6.07) is 0.593. The molecular formula is C14H25N3. The van der Waals surface area contributed by atoms with Crippen molar-refractivity contribution < 1.29 is 0 Å². The largest absolute Gasteiger partial charge is 0.370 e. The molecule has 0 aliphatic heterocycles. The first-order valence-electron chi connectivity index (χ1n) is 7.09. The van der Waals surface area contributed by atoms with E-state index < -0.39 is 0 Å². The number of rotatable bonds is 4. The highest BCUT2D eigenvalue weighted by Crippen LogP contribution is 2.19. The zero-order valence-corrected chi connectivity index (χ0v) is 10.8. The number of hydrogen-bond donors (Lipinski definition) is 2. The van der Waals surface area contributed by atoms with Crippen LogP contribution < -0.4 is 11.1 Å². The second kappa shape index (κ2) is 6.67. The fourth-order valence-electron chi connectivity index (χ4n) is 2.44. The molecule has 1 saturated carbocycles. The molecule has 2 aliphatic carbocycles. The number of hydrogen-bond acceptors (Lipinski definition) is 1. The Balaban J connectivity index is 1.66. The summed E-state index contributed by atoms with van der Waals surface area (Å²) in [7, 11) is 0. The van der Waals surface area contributed by atoms with E-state index >= 15 is 0 Å². The zero-order valence-electron chi connectivity index (χ0n) is 10.8. The number of nitrogens with two attached hydrogens (primary N) is 1. The first kappa shape index (κ1) is 12.5. The second-order valence-corrected chi connectivity index (χ2v) is 5.25. The van der Waals surface area contributed by atoms with Crippen molar-refractivity contribution in [3.63, 3.8) is 0 Å². The van der Waals surface area contributed by atoms with Crippen LogP contribution in [0.2, 0.25) is 0 Å². The van der Waals surface area contributed by atoms with E-state index in [2.05, 4.69) is 16.4 Å². The maximum atomic E-state index is 5.85. The molecule has 0 radical (unpaired) electrons. The third kappa shape index (κ3) is 4.41. The summed E-state index contributed by atoms with van der Waals surface area (Å²) in [5, 5.41) is 3.27. The molecule has 0 aromatic heterocycles. The van der Waals surface area contributed by atoms with Gasteiger partial charge in [0.2, 0.25) is 0 Å². The Hall–Kier alpha value is -0.990. The molecule has 3 N–H and O–H groups in total. The predicted molar refractivity (Wildman–Crippen MR) is 73.0 cm³/mol. The molecule has 0 saturated heterocycles. The van der Waals surface area contributed by atoms with Crippen molar-refractivity contribution in [2.45, 2.75) is 63.8 Å². The molecule has 1 fully saturated rings. The Morgan fingerprint density at radius 3 is 2.94 bits per heavy atom. The minimum atomic E-state index is 0.593. The lowest BCUT2D eigenvalue weighted by Gasteiger charge is -2.26. The number of nitrogens with zero attached hydrogens (tertiary/aromatic N) is 1. The predicted octanol–water partition coefficient (Wildman–Crippen LogP) is 2.72. The van der Waals surface area contributed by atoms with Crippen LogP contribution in [-0.4, -0.2) is 18.5 Å². The van der Waals surface area contributed by atoms with Crippen molar-refractivity contribution in [2.75, 3.05) is 6.54 Å². The van der Waals surface area contributed by atoms with Crippen molar-refractivity contribution >= 4 is 5.96 Å². The van der Waals surface area contributed by atoms with E-state index in [1.807, 2.05) is 0 Å². The van der Waals surface area contributed by atoms with Crippen molar-refractivity contribution in [1.29, 1.82) is 0 Å². The third-order valence-electron chi connectivity index (χ3n) is 3.81. The van der Waals surface area contributed by atoms with E-state index in [-0.39, 0.29) is 0 Å². The van der Waals surface area contributed by atoms with Crippen LogP contribution in [0.15, 0.2) is 16.6 Å². The van der Waals surface area contributed by atoms with Gasteiger partial charge in [0.25, 0.3) is 0 Å². The maximum Gasteiger partial charge on any atom is 0.188 e. The molecule has 3 heteroatoms. The molecule has 0 bridgehead atoms. The molecular weight excluding hydrogens is 210 g/mol. The number of allylic oxidation sites excluding steroid dienone is 1. The van der Waals surface area contributed by atoms with E-state index in [1.165, 1.54) is 51.4 Å². The normalized spacial score (nSPS) is 22.6. The number of nitrogens with one attached hydrogen (secondary N) is 1. The third-order valence-corrected chi connectivity index (χ3v) is 3.81. The van der Waals surface area contributed by atoms with Gasteiger partial charge < -0.3 is 11.1 Å². The van der Waals surface area contributed by atoms with Gasteiger partial charge in [-0.15, -0.1) is 0 Å². The van der Waals surface area contributed by atoms with Gasteiger partial charge in [-0.3, -0.25) is 4.99 Å². The van der Waals surface area contributed by atoms with Crippen LogP contribution >= 0.6 is 0 Å². The van der Waals surface area contributed by atoms with E-state index in [0.717, 1.165) is 13.0 Å². The van der Waals surface area contributed by atoms with Crippen LogP contribution in [0.5, 0.6) is 0 Å². The van der Waals surface area contributed by atoms with Crippen LogP contribution in [0.4, 0.5) is 0 Å². The molecule has 0 aromatic rings. The zero-order chi connectivity index (χ0) is 11.9. The molecule has 0 heterocycles. The monoisotopic (exact) mass is 235 g/mol. The molecule has 96 valence electrons. The smallest absolute Gasteiger partial charge is 0.188 e.